The van der Waals surface area contributed by atoms with Crippen LogP contribution in [0.25, 0.3) is 0 Å². The zero-order valence-corrected chi connectivity index (χ0v) is 11.7. The lowest BCUT2D eigenvalue weighted by molar-refractivity contribution is 0.375. The standard InChI is InChI=1S/C13H23N3S/c1-11(17-13-9-15-16(2)10-13)8-14-12-6-4-3-5-7-12/h9-12,14H,3-8H2,1-2H3. The molecule has 1 aromatic heterocycles. The van der Waals surface area contributed by atoms with Crippen LogP contribution in [0.4, 0.5) is 0 Å². The maximum Gasteiger partial charge on any atom is 0.0625 e. The first-order chi connectivity index (χ1) is 8.24. The summed E-state index contributed by atoms with van der Waals surface area (Å²) >= 11 is 1.91. The molecule has 1 atom stereocenters. The van der Waals surface area contributed by atoms with Gasteiger partial charge in [-0.1, -0.05) is 26.2 Å². The molecular weight excluding hydrogens is 230 g/mol. The van der Waals surface area contributed by atoms with Crippen LogP contribution in [-0.2, 0) is 7.05 Å². The van der Waals surface area contributed by atoms with E-state index in [0.717, 1.165) is 12.6 Å². The van der Waals surface area contributed by atoms with Crippen molar-refractivity contribution in [2.24, 2.45) is 7.05 Å². The normalized spacial score (nSPS) is 19.4. The highest BCUT2D eigenvalue weighted by Crippen LogP contribution is 2.23. The topological polar surface area (TPSA) is 29.9 Å². The number of nitrogens with zero attached hydrogens (tertiary/aromatic N) is 2. The minimum atomic E-state index is 0.612. The van der Waals surface area contributed by atoms with Gasteiger partial charge in [0.25, 0.3) is 0 Å². The highest BCUT2D eigenvalue weighted by Gasteiger charge is 2.14. The van der Waals surface area contributed by atoms with Gasteiger partial charge in [-0.2, -0.15) is 5.10 Å². The molecule has 0 aromatic carbocycles. The summed E-state index contributed by atoms with van der Waals surface area (Å²) in [5.74, 6) is 0. The van der Waals surface area contributed by atoms with Crippen LogP contribution in [0.3, 0.4) is 0 Å². The Balaban J connectivity index is 1.68. The molecule has 1 fully saturated rings. The van der Waals surface area contributed by atoms with Crippen molar-refractivity contribution in [3.63, 3.8) is 0 Å². The first-order valence-corrected chi connectivity index (χ1v) is 7.50. The zero-order valence-electron chi connectivity index (χ0n) is 10.9. The van der Waals surface area contributed by atoms with Gasteiger partial charge in [0.1, 0.15) is 0 Å². The molecular formula is C13H23N3S. The van der Waals surface area contributed by atoms with Crippen molar-refractivity contribution in [3.05, 3.63) is 12.4 Å². The molecule has 1 aliphatic carbocycles. The third-order valence-corrected chi connectivity index (χ3v) is 4.37. The summed E-state index contributed by atoms with van der Waals surface area (Å²) in [6.45, 7) is 3.39. The Kier molecular flexibility index (Phi) is 4.92. The van der Waals surface area contributed by atoms with Gasteiger partial charge in [0.05, 0.1) is 6.20 Å². The van der Waals surface area contributed by atoms with Crippen LogP contribution >= 0.6 is 11.8 Å². The van der Waals surface area contributed by atoms with E-state index >= 15 is 0 Å². The van der Waals surface area contributed by atoms with Gasteiger partial charge in [-0.05, 0) is 12.8 Å². The number of aryl methyl sites for hydroxylation is 1. The Morgan fingerprint density at radius 3 is 2.88 bits per heavy atom. The van der Waals surface area contributed by atoms with Crippen LogP contribution < -0.4 is 5.32 Å². The van der Waals surface area contributed by atoms with E-state index in [1.165, 1.54) is 37.0 Å². The third kappa shape index (κ3) is 4.36. The summed E-state index contributed by atoms with van der Waals surface area (Å²) < 4.78 is 1.86. The number of hydrogen-bond acceptors (Lipinski definition) is 3. The average molecular weight is 253 g/mol. The van der Waals surface area contributed by atoms with Crippen LogP contribution in [0.2, 0.25) is 0 Å². The van der Waals surface area contributed by atoms with Crippen molar-refractivity contribution in [1.82, 2.24) is 15.1 Å². The van der Waals surface area contributed by atoms with Gasteiger partial charge in [0.2, 0.25) is 0 Å². The number of nitrogens with one attached hydrogen (secondary N) is 1. The second-order valence-electron chi connectivity index (χ2n) is 5.02. The first-order valence-electron chi connectivity index (χ1n) is 6.63. The molecule has 1 N–H and O–H groups in total. The summed E-state index contributed by atoms with van der Waals surface area (Å²) in [7, 11) is 1.97. The quantitative estimate of drug-likeness (QED) is 0.818. The molecule has 1 unspecified atom stereocenters. The zero-order chi connectivity index (χ0) is 12.1. The first kappa shape index (κ1) is 13.0. The number of rotatable bonds is 5. The minimum Gasteiger partial charge on any atom is -0.313 e. The highest BCUT2D eigenvalue weighted by atomic mass is 32.2. The van der Waals surface area contributed by atoms with E-state index in [-0.39, 0.29) is 0 Å². The van der Waals surface area contributed by atoms with Gasteiger partial charge in [0, 0.05) is 36.0 Å². The fourth-order valence-corrected chi connectivity index (χ4v) is 3.34. The molecule has 0 bridgehead atoms. The smallest absolute Gasteiger partial charge is 0.0625 e. The lowest BCUT2D eigenvalue weighted by Crippen LogP contribution is -2.35. The molecule has 96 valence electrons. The van der Waals surface area contributed by atoms with E-state index in [0.29, 0.717) is 5.25 Å². The molecule has 0 radical (unpaired) electrons. The number of thioether (sulfide) groups is 1. The lowest BCUT2D eigenvalue weighted by Gasteiger charge is -2.24. The Morgan fingerprint density at radius 2 is 2.24 bits per heavy atom. The molecule has 0 saturated heterocycles. The van der Waals surface area contributed by atoms with E-state index in [9.17, 15) is 0 Å². The molecule has 0 amide bonds. The third-order valence-electron chi connectivity index (χ3n) is 3.32. The summed E-state index contributed by atoms with van der Waals surface area (Å²) in [6, 6.07) is 0.765. The molecule has 4 heteroatoms. The summed E-state index contributed by atoms with van der Waals surface area (Å²) in [5.41, 5.74) is 0. The monoisotopic (exact) mass is 253 g/mol. The van der Waals surface area contributed by atoms with Crippen LogP contribution in [0.1, 0.15) is 39.0 Å². The van der Waals surface area contributed by atoms with Gasteiger partial charge in [-0.15, -0.1) is 11.8 Å². The summed E-state index contributed by atoms with van der Waals surface area (Å²) in [5, 5.41) is 8.51. The molecule has 3 nitrogen and oxygen atoms in total. The Labute approximate surface area is 108 Å². The average Bonchev–Trinajstić information content (AvgIpc) is 2.73. The highest BCUT2D eigenvalue weighted by molar-refractivity contribution is 8.00. The Bertz CT molecular complexity index is 331. The van der Waals surface area contributed by atoms with E-state index < -0.39 is 0 Å². The Morgan fingerprint density at radius 1 is 1.47 bits per heavy atom. The molecule has 1 saturated carbocycles. The van der Waals surface area contributed by atoms with Crippen molar-refractivity contribution in [2.75, 3.05) is 6.54 Å². The van der Waals surface area contributed by atoms with E-state index in [2.05, 4.69) is 23.5 Å². The predicted octanol–water partition coefficient (Wildman–Crippen LogP) is 2.82. The molecule has 0 aliphatic heterocycles. The summed E-state index contributed by atoms with van der Waals surface area (Å²) in [4.78, 5) is 1.27. The van der Waals surface area contributed by atoms with Crippen molar-refractivity contribution >= 4 is 11.8 Å². The predicted molar refractivity (Wildman–Crippen MR) is 73.4 cm³/mol. The fourth-order valence-electron chi connectivity index (χ4n) is 2.37. The van der Waals surface area contributed by atoms with Gasteiger partial charge in [0.15, 0.2) is 0 Å². The van der Waals surface area contributed by atoms with E-state index in [1.807, 2.05) is 29.7 Å². The number of aromatic nitrogens is 2. The van der Waals surface area contributed by atoms with Gasteiger partial charge >= 0.3 is 0 Å². The maximum absolute atomic E-state index is 4.20. The van der Waals surface area contributed by atoms with Crippen molar-refractivity contribution in [1.29, 1.82) is 0 Å². The van der Waals surface area contributed by atoms with E-state index in [1.54, 1.807) is 0 Å². The molecule has 2 rings (SSSR count). The summed E-state index contributed by atoms with van der Waals surface area (Å²) in [6.07, 6.45) is 11.0. The lowest BCUT2D eigenvalue weighted by atomic mass is 9.95. The van der Waals surface area contributed by atoms with Crippen LogP contribution in [-0.4, -0.2) is 27.6 Å². The number of hydrogen-bond donors (Lipinski definition) is 1. The second-order valence-corrected chi connectivity index (χ2v) is 6.53. The molecule has 1 aromatic rings. The SMILES string of the molecule is CC(CNC1CCCCC1)Sc1cnn(C)c1. The van der Waals surface area contributed by atoms with Gasteiger partial charge in [-0.25, -0.2) is 0 Å². The van der Waals surface area contributed by atoms with Crippen LogP contribution in [0.5, 0.6) is 0 Å². The molecule has 17 heavy (non-hydrogen) atoms. The minimum absolute atomic E-state index is 0.612. The fraction of sp³-hybridized carbons (Fsp3) is 0.769. The Hall–Kier alpha value is -0.480. The van der Waals surface area contributed by atoms with Crippen molar-refractivity contribution < 1.29 is 0 Å². The maximum atomic E-state index is 4.20. The molecule has 0 spiro atoms. The molecule has 1 aliphatic rings. The van der Waals surface area contributed by atoms with Crippen LogP contribution in [0.15, 0.2) is 17.3 Å². The van der Waals surface area contributed by atoms with Crippen molar-refractivity contribution in [3.8, 4) is 0 Å². The van der Waals surface area contributed by atoms with Gasteiger partial charge < -0.3 is 5.32 Å². The second kappa shape index (κ2) is 6.45. The van der Waals surface area contributed by atoms with Crippen LogP contribution in [0, 0.1) is 0 Å². The van der Waals surface area contributed by atoms with E-state index in [4.69, 9.17) is 0 Å². The molecule has 1 heterocycles. The largest absolute Gasteiger partial charge is 0.313 e. The van der Waals surface area contributed by atoms with Gasteiger partial charge in [-0.3, -0.25) is 4.68 Å². The van der Waals surface area contributed by atoms with Crippen molar-refractivity contribution in [2.45, 2.75) is 55.2 Å².